The number of nitrogens with zero attached hydrogens (tertiary/aromatic N) is 3. The van der Waals surface area contributed by atoms with Crippen LogP contribution in [0.3, 0.4) is 0 Å². The third-order valence-corrected chi connectivity index (χ3v) is 4.58. The van der Waals surface area contributed by atoms with Crippen molar-refractivity contribution >= 4 is 28.7 Å². The number of nitro groups is 1. The SMILES string of the molecule is Cc1ccc(Nc2ncnc(Nc3ccc4c(c3)OCCO4)c2[N+](=O)[O-])cc1C. The minimum atomic E-state index is -0.510. The minimum Gasteiger partial charge on any atom is -0.486 e. The summed E-state index contributed by atoms with van der Waals surface area (Å²) in [6, 6.07) is 10.9. The lowest BCUT2D eigenvalue weighted by atomic mass is 10.1. The fourth-order valence-corrected chi connectivity index (χ4v) is 2.95. The molecule has 2 aromatic carbocycles. The second-order valence-corrected chi connectivity index (χ2v) is 6.58. The molecule has 3 aromatic rings. The molecule has 2 N–H and O–H groups in total. The van der Waals surface area contributed by atoms with Crippen LogP contribution in [0, 0.1) is 24.0 Å². The lowest BCUT2D eigenvalue weighted by Crippen LogP contribution is -2.15. The molecule has 4 rings (SSSR count). The molecule has 9 heteroatoms. The van der Waals surface area contributed by atoms with Crippen LogP contribution in [0.15, 0.2) is 42.7 Å². The molecule has 0 saturated heterocycles. The largest absolute Gasteiger partial charge is 0.486 e. The molecule has 2 heterocycles. The van der Waals surface area contributed by atoms with Gasteiger partial charge in [0.15, 0.2) is 11.5 Å². The number of anilines is 4. The lowest BCUT2D eigenvalue weighted by molar-refractivity contribution is -0.383. The Balaban J connectivity index is 1.66. The van der Waals surface area contributed by atoms with Crippen molar-refractivity contribution in [3.8, 4) is 11.5 Å². The summed E-state index contributed by atoms with van der Waals surface area (Å²) >= 11 is 0. The molecule has 0 atom stereocenters. The van der Waals surface area contributed by atoms with Crippen LogP contribution in [-0.2, 0) is 0 Å². The van der Waals surface area contributed by atoms with Crippen molar-refractivity contribution in [3.63, 3.8) is 0 Å². The minimum absolute atomic E-state index is 0.0769. The third kappa shape index (κ3) is 3.88. The summed E-state index contributed by atoms with van der Waals surface area (Å²) in [6.45, 7) is 4.92. The van der Waals surface area contributed by atoms with Crippen molar-refractivity contribution in [2.24, 2.45) is 0 Å². The Hall–Kier alpha value is -3.88. The molecule has 9 nitrogen and oxygen atoms in total. The number of ether oxygens (including phenoxy) is 2. The Kier molecular flexibility index (Phi) is 4.86. The predicted molar refractivity (Wildman–Crippen MR) is 109 cm³/mol. The van der Waals surface area contributed by atoms with Gasteiger partial charge in [-0.3, -0.25) is 10.1 Å². The van der Waals surface area contributed by atoms with Gasteiger partial charge < -0.3 is 20.1 Å². The molecule has 0 radical (unpaired) electrons. The quantitative estimate of drug-likeness (QED) is 0.488. The standard InChI is InChI=1S/C20H19N5O4/c1-12-3-4-14(9-13(12)2)23-19-18(25(26)27)20(22-11-21-19)24-15-5-6-16-17(10-15)29-8-7-28-16/h3-6,9-11H,7-8H2,1-2H3,(H2,21,22,23,24). The number of benzene rings is 2. The van der Waals surface area contributed by atoms with E-state index in [1.165, 1.54) is 6.33 Å². The summed E-state index contributed by atoms with van der Waals surface area (Å²) in [6.07, 6.45) is 1.27. The molecule has 0 unspecified atom stereocenters. The first kappa shape index (κ1) is 18.5. The van der Waals surface area contributed by atoms with Crippen LogP contribution in [0.1, 0.15) is 11.1 Å². The number of aryl methyl sites for hydroxylation is 2. The van der Waals surface area contributed by atoms with E-state index in [1.54, 1.807) is 18.2 Å². The van der Waals surface area contributed by atoms with E-state index in [0.29, 0.717) is 36.1 Å². The van der Waals surface area contributed by atoms with E-state index < -0.39 is 4.92 Å². The van der Waals surface area contributed by atoms with Crippen LogP contribution in [0.4, 0.5) is 28.7 Å². The molecule has 0 fully saturated rings. The maximum Gasteiger partial charge on any atom is 0.353 e. The summed E-state index contributed by atoms with van der Waals surface area (Å²) in [4.78, 5) is 19.4. The molecule has 29 heavy (non-hydrogen) atoms. The van der Waals surface area contributed by atoms with E-state index in [4.69, 9.17) is 9.47 Å². The van der Waals surface area contributed by atoms with Crippen LogP contribution in [0.5, 0.6) is 11.5 Å². The van der Waals surface area contributed by atoms with E-state index in [2.05, 4.69) is 20.6 Å². The van der Waals surface area contributed by atoms with Crippen LogP contribution >= 0.6 is 0 Å². The van der Waals surface area contributed by atoms with E-state index in [-0.39, 0.29) is 17.3 Å². The molecular weight excluding hydrogens is 374 g/mol. The monoisotopic (exact) mass is 393 g/mol. The summed E-state index contributed by atoms with van der Waals surface area (Å²) in [5.41, 5.74) is 3.25. The number of fused-ring (bicyclic) bond motifs is 1. The van der Waals surface area contributed by atoms with Crippen LogP contribution in [0.25, 0.3) is 0 Å². The molecule has 0 spiro atoms. The van der Waals surface area contributed by atoms with Gasteiger partial charge in [0.25, 0.3) is 0 Å². The van der Waals surface area contributed by atoms with Crippen molar-refractivity contribution in [1.29, 1.82) is 0 Å². The van der Waals surface area contributed by atoms with E-state index in [9.17, 15) is 10.1 Å². The average Bonchev–Trinajstić information content (AvgIpc) is 2.70. The molecule has 0 bridgehead atoms. The summed E-state index contributed by atoms with van der Waals surface area (Å²) in [5, 5.41) is 17.8. The van der Waals surface area contributed by atoms with Gasteiger partial charge in [0, 0.05) is 17.4 Å². The van der Waals surface area contributed by atoms with E-state index >= 15 is 0 Å². The first-order valence-corrected chi connectivity index (χ1v) is 9.01. The highest BCUT2D eigenvalue weighted by Gasteiger charge is 2.24. The number of nitrogens with one attached hydrogen (secondary N) is 2. The zero-order chi connectivity index (χ0) is 20.4. The summed E-state index contributed by atoms with van der Waals surface area (Å²) in [5.74, 6) is 1.39. The maximum atomic E-state index is 11.8. The van der Waals surface area contributed by atoms with Crippen LogP contribution < -0.4 is 20.1 Å². The Bertz CT molecular complexity index is 1090. The Morgan fingerprint density at radius 3 is 2.17 bits per heavy atom. The topological polar surface area (TPSA) is 111 Å². The van der Waals surface area contributed by atoms with E-state index in [0.717, 1.165) is 11.1 Å². The maximum absolute atomic E-state index is 11.8. The third-order valence-electron chi connectivity index (χ3n) is 4.58. The molecule has 148 valence electrons. The smallest absolute Gasteiger partial charge is 0.353 e. The van der Waals surface area contributed by atoms with Gasteiger partial charge in [0.05, 0.1) is 4.92 Å². The van der Waals surface area contributed by atoms with Crippen molar-refractivity contribution in [2.45, 2.75) is 13.8 Å². The van der Waals surface area contributed by atoms with Gasteiger partial charge in [-0.2, -0.15) is 0 Å². The molecule has 1 aliphatic heterocycles. The molecule has 0 saturated carbocycles. The second kappa shape index (κ2) is 7.63. The first-order valence-electron chi connectivity index (χ1n) is 9.01. The zero-order valence-electron chi connectivity index (χ0n) is 15.9. The summed E-state index contributed by atoms with van der Waals surface area (Å²) in [7, 11) is 0. The van der Waals surface area contributed by atoms with Gasteiger partial charge in [-0.25, -0.2) is 9.97 Å². The Labute approximate surface area is 166 Å². The summed E-state index contributed by atoms with van der Waals surface area (Å²) < 4.78 is 11.1. The predicted octanol–water partition coefficient (Wildman–Crippen LogP) is 4.26. The van der Waals surface area contributed by atoms with Crippen molar-refractivity contribution in [2.75, 3.05) is 23.8 Å². The number of hydrogen-bond acceptors (Lipinski definition) is 8. The normalized spacial score (nSPS) is 12.3. The highest BCUT2D eigenvalue weighted by atomic mass is 16.6. The fraction of sp³-hybridized carbons (Fsp3) is 0.200. The number of aromatic nitrogens is 2. The average molecular weight is 393 g/mol. The Morgan fingerprint density at radius 2 is 1.52 bits per heavy atom. The molecule has 1 aliphatic rings. The van der Waals surface area contributed by atoms with Gasteiger partial charge in [0.1, 0.15) is 19.5 Å². The number of rotatable bonds is 5. The van der Waals surface area contributed by atoms with E-state index in [1.807, 2.05) is 32.0 Å². The molecular formula is C20H19N5O4. The van der Waals surface area contributed by atoms with Crippen LogP contribution in [-0.4, -0.2) is 28.1 Å². The highest BCUT2D eigenvalue weighted by Crippen LogP contribution is 2.36. The molecule has 0 amide bonds. The van der Waals surface area contributed by atoms with Crippen molar-refractivity contribution < 1.29 is 14.4 Å². The number of hydrogen-bond donors (Lipinski definition) is 2. The van der Waals surface area contributed by atoms with Gasteiger partial charge in [-0.05, 0) is 49.2 Å². The fourth-order valence-electron chi connectivity index (χ4n) is 2.95. The van der Waals surface area contributed by atoms with Gasteiger partial charge in [-0.1, -0.05) is 6.07 Å². The van der Waals surface area contributed by atoms with Crippen molar-refractivity contribution in [1.82, 2.24) is 9.97 Å². The lowest BCUT2D eigenvalue weighted by Gasteiger charge is -2.19. The van der Waals surface area contributed by atoms with Gasteiger partial charge in [-0.15, -0.1) is 0 Å². The van der Waals surface area contributed by atoms with Crippen molar-refractivity contribution in [3.05, 3.63) is 64.0 Å². The second-order valence-electron chi connectivity index (χ2n) is 6.58. The van der Waals surface area contributed by atoms with Crippen LogP contribution in [0.2, 0.25) is 0 Å². The molecule has 0 aliphatic carbocycles. The molecule has 1 aromatic heterocycles. The van der Waals surface area contributed by atoms with Gasteiger partial charge in [0.2, 0.25) is 11.6 Å². The first-order chi connectivity index (χ1) is 14.0. The Morgan fingerprint density at radius 1 is 0.897 bits per heavy atom. The zero-order valence-corrected chi connectivity index (χ0v) is 15.9. The highest BCUT2D eigenvalue weighted by molar-refractivity contribution is 5.77. The van der Waals surface area contributed by atoms with Gasteiger partial charge >= 0.3 is 5.69 Å².